The van der Waals surface area contributed by atoms with Crippen LogP contribution in [0.25, 0.3) is 0 Å². The Bertz CT molecular complexity index is 561. The van der Waals surface area contributed by atoms with Crippen LogP contribution < -0.4 is 5.32 Å². The van der Waals surface area contributed by atoms with Crippen molar-refractivity contribution >= 4 is 23.6 Å². The summed E-state index contributed by atoms with van der Waals surface area (Å²) in [5.41, 5.74) is -0.766. The second-order valence-corrected chi connectivity index (χ2v) is 6.18. The molecule has 1 rings (SSSR count). The summed E-state index contributed by atoms with van der Waals surface area (Å²) in [5.74, 6) is -1.26. The lowest BCUT2D eigenvalue weighted by Gasteiger charge is -2.19. The van der Waals surface area contributed by atoms with Gasteiger partial charge in [-0.25, -0.2) is 4.79 Å². The molecule has 0 aliphatic heterocycles. The van der Waals surface area contributed by atoms with Crippen LogP contribution in [-0.2, 0) is 20.5 Å². The minimum atomic E-state index is -4.42. The van der Waals surface area contributed by atoms with E-state index in [-0.39, 0.29) is 11.7 Å². The molecular formula is C15H18F3NO3S. The van der Waals surface area contributed by atoms with Crippen LogP contribution in [0.2, 0.25) is 0 Å². The Morgan fingerprint density at radius 2 is 1.96 bits per heavy atom. The van der Waals surface area contributed by atoms with E-state index in [0.717, 1.165) is 23.9 Å². The first kappa shape index (κ1) is 19.3. The first-order valence-corrected chi connectivity index (χ1v) is 7.81. The molecule has 0 aliphatic carbocycles. The minimum Gasteiger partial charge on any atom is -0.467 e. The lowest BCUT2D eigenvalue weighted by atomic mass is 10.1. The first-order chi connectivity index (χ1) is 10.6. The molecule has 0 aliphatic rings. The van der Waals surface area contributed by atoms with Gasteiger partial charge in [-0.2, -0.15) is 13.2 Å². The van der Waals surface area contributed by atoms with E-state index in [1.54, 1.807) is 13.8 Å². The SMILES string of the molecule is COC(=O)C(NC(=O)CSc1cccc(C(F)(F)F)c1)C(C)C. The molecule has 128 valence electrons. The number of hydrogen-bond donors (Lipinski definition) is 1. The second kappa shape index (κ2) is 8.24. The highest BCUT2D eigenvalue weighted by Gasteiger charge is 2.30. The predicted molar refractivity (Wildman–Crippen MR) is 81.0 cm³/mol. The van der Waals surface area contributed by atoms with Gasteiger partial charge in [-0.1, -0.05) is 19.9 Å². The Morgan fingerprint density at radius 3 is 2.48 bits per heavy atom. The van der Waals surface area contributed by atoms with Crippen LogP contribution in [0.5, 0.6) is 0 Å². The third kappa shape index (κ3) is 6.13. The van der Waals surface area contributed by atoms with Gasteiger partial charge in [-0.15, -0.1) is 11.8 Å². The van der Waals surface area contributed by atoms with Crippen molar-refractivity contribution in [3.8, 4) is 0 Å². The molecular weight excluding hydrogens is 331 g/mol. The molecule has 0 saturated carbocycles. The summed E-state index contributed by atoms with van der Waals surface area (Å²) in [7, 11) is 1.22. The molecule has 0 spiro atoms. The van der Waals surface area contributed by atoms with Crippen molar-refractivity contribution < 1.29 is 27.5 Å². The largest absolute Gasteiger partial charge is 0.467 e. The molecule has 8 heteroatoms. The van der Waals surface area contributed by atoms with Gasteiger partial charge < -0.3 is 10.1 Å². The molecule has 1 atom stereocenters. The lowest BCUT2D eigenvalue weighted by molar-refractivity contribution is -0.146. The van der Waals surface area contributed by atoms with Gasteiger partial charge in [0.25, 0.3) is 0 Å². The maximum absolute atomic E-state index is 12.6. The average molecular weight is 349 g/mol. The summed E-state index contributed by atoms with van der Waals surface area (Å²) in [6.45, 7) is 3.50. The standard InChI is InChI=1S/C15H18F3NO3S/c1-9(2)13(14(21)22-3)19-12(20)8-23-11-6-4-5-10(7-11)15(16,17)18/h4-7,9,13H,8H2,1-3H3,(H,19,20). The van der Waals surface area contributed by atoms with Gasteiger partial charge in [0.15, 0.2) is 0 Å². The number of amides is 1. The van der Waals surface area contributed by atoms with E-state index in [1.165, 1.54) is 19.2 Å². The number of benzene rings is 1. The summed E-state index contributed by atoms with van der Waals surface area (Å²) < 4.78 is 42.5. The molecule has 1 amide bonds. The van der Waals surface area contributed by atoms with Crippen molar-refractivity contribution in [3.05, 3.63) is 29.8 Å². The fraction of sp³-hybridized carbons (Fsp3) is 0.467. The number of rotatable bonds is 6. The minimum absolute atomic E-state index is 0.0957. The number of nitrogens with one attached hydrogen (secondary N) is 1. The summed E-state index contributed by atoms with van der Waals surface area (Å²) >= 11 is 0.968. The molecule has 0 heterocycles. The third-order valence-electron chi connectivity index (χ3n) is 2.97. The van der Waals surface area contributed by atoms with Crippen LogP contribution >= 0.6 is 11.8 Å². The number of alkyl halides is 3. The highest BCUT2D eigenvalue weighted by Crippen LogP contribution is 2.31. The molecule has 0 saturated heterocycles. The fourth-order valence-electron chi connectivity index (χ4n) is 1.75. The van der Waals surface area contributed by atoms with E-state index in [0.29, 0.717) is 4.90 Å². The zero-order valence-electron chi connectivity index (χ0n) is 12.9. The van der Waals surface area contributed by atoms with Crippen LogP contribution in [0.4, 0.5) is 13.2 Å². The molecule has 1 aromatic carbocycles. The van der Waals surface area contributed by atoms with E-state index < -0.39 is 29.7 Å². The van der Waals surface area contributed by atoms with Gasteiger partial charge in [0.1, 0.15) is 6.04 Å². The van der Waals surface area contributed by atoms with E-state index in [2.05, 4.69) is 10.1 Å². The second-order valence-electron chi connectivity index (χ2n) is 5.13. The molecule has 1 aromatic rings. The van der Waals surface area contributed by atoms with Crippen LogP contribution in [0.15, 0.2) is 29.2 Å². The van der Waals surface area contributed by atoms with Crippen molar-refractivity contribution in [2.75, 3.05) is 12.9 Å². The Morgan fingerprint density at radius 1 is 1.30 bits per heavy atom. The van der Waals surface area contributed by atoms with Crippen LogP contribution in [0.1, 0.15) is 19.4 Å². The number of thioether (sulfide) groups is 1. The Hall–Kier alpha value is -1.70. The number of methoxy groups -OCH3 is 1. The molecule has 0 radical (unpaired) electrons. The highest BCUT2D eigenvalue weighted by atomic mass is 32.2. The summed E-state index contributed by atoms with van der Waals surface area (Å²) in [6.07, 6.45) is -4.42. The van der Waals surface area contributed by atoms with Crippen LogP contribution in [-0.4, -0.2) is 30.8 Å². The number of esters is 1. The third-order valence-corrected chi connectivity index (χ3v) is 3.96. The number of hydrogen-bond acceptors (Lipinski definition) is 4. The zero-order valence-corrected chi connectivity index (χ0v) is 13.8. The predicted octanol–water partition coefficient (Wildman–Crippen LogP) is 3.11. The van der Waals surface area contributed by atoms with Crippen molar-refractivity contribution in [3.63, 3.8) is 0 Å². The molecule has 4 nitrogen and oxygen atoms in total. The Labute approximate surface area is 136 Å². The highest BCUT2D eigenvalue weighted by molar-refractivity contribution is 8.00. The maximum Gasteiger partial charge on any atom is 0.416 e. The Balaban J connectivity index is 2.64. The first-order valence-electron chi connectivity index (χ1n) is 6.82. The fourth-order valence-corrected chi connectivity index (χ4v) is 2.52. The Kier molecular flexibility index (Phi) is 6.93. The quantitative estimate of drug-likeness (QED) is 0.633. The summed E-state index contributed by atoms with van der Waals surface area (Å²) in [5, 5.41) is 2.53. The number of carbonyl (C=O) groups excluding carboxylic acids is 2. The van der Waals surface area contributed by atoms with Crippen molar-refractivity contribution in [2.45, 2.75) is 31.0 Å². The number of carbonyl (C=O) groups is 2. The molecule has 23 heavy (non-hydrogen) atoms. The van der Waals surface area contributed by atoms with Crippen molar-refractivity contribution in [2.24, 2.45) is 5.92 Å². The molecule has 1 N–H and O–H groups in total. The monoisotopic (exact) mass is 349 g/mol. The number of ether oxygens (including phenoxy) is 1. The van der Waals surface area contributed by atoms with E-state index in [9.17, 15) is 22.8 Å². The average Bonchev–Trinajstić information content (AvgIpc) is 2.49. The topological polar surface area (TPSA) is 55.4 Å². The summed E-state index contributed by atoms with van der Waals surface area (Å²) in [4.78, 5) is 23.7. The van der Waals surface area contributed by atoms with Crippen LogP contribution in [0.3, 0.4) is 0 Å². The van der Waals surface area contributed by atoms with Gasteiger partial charge in [0.2, 0.25) is 5.91 Å². The lowest BCUT2D eigenvalue weighted by Crippen LogP contribution is -2.45. The normalized spacial score (nSPS) is 12.8. The summed E-state index contributed by atoms with van der Waals surface area (Å²) in [6, 6.07) is 3.95. The van der Waals surface area contributed by atoms with Gasteiger partial charge >= 0.3 is 12.1 Å². The molecule has 0 fully saturated rings. The van der Waals surface area contributed by atoms with Gasteiger partial charge in [-0.3, -0.25) is 4.79 Å². The molecule has 1 unspecified atom stereocenters. The zero-order chi connectivity index (χ0) is 17.6. The van der Waals surface area contributed by atoms with Crippen molar-refractivity contribution in [1.82, 2.24) is 5.32 Å². The molecule has 0 bridgehead atoms. The van der Waals surface area contributed by atoms with E-state index in [4.69, 9.17) is 0 Å². The van der Waals surface area contributed by atoms with Gasteiger partial charge in [-0.05, 0) is 24.1 Å². The van der Waals surface area contributed by atoms with Crippen molar-refractivity contribution in [1.29, 1.82) is 0 Å². The van der Waals surface area contributed by atoms with Crippen LogP contribution in [0, 0.1) is 5.92 Å². The van der Waals surface area contributed by atoms with E-state index in [1.807, 2.05) is 0 Å². The molecule has 0 aromatic heterocycles. The van der Waals surface area contributed by atoms with Gasteiger partial charge in [0.05, 0.1) is 18.4 Å². The maximum atomic E-state index is 12.6. The smallest absolute Gasteiger partial charge is 0.416 e. The van der Waals surface area contributed by atoms with E-state index >= 15 is 0 Å². The van der Waals surface area contributed by atoms with Gasteiger partial charge in [0, 0.05) is 4.90 Å². The number of halogens is 3.